The molecular weight excluding hydrogens is 440 g/mol. The molecule has 3 rings (SSSR count). The van der Waals surface area contributed by atoms with Gasteiger partial charge in [0.2, 0.25) is 5.96 Å². The minimum Gasteiger partial charge on any atom is -0.336 e. The molecule has 2 aromatic carbocycles. The summed E-state index contributed by atoms with van der Waals surface area (Å²) in [5.41, 5.74) is 7.64. The Balaban J connectivity index is 0.00000280. The number of nitrogens with one attached hydrogen (secondary N) is 1. The summed E-state index contributed by atoms with van der Waals surface area (Å²) in [6.07, 6.45) is 5.54. The van der Waals surface area contributed by atoms with Crippen molar-refractivity contribution in [2.24, 2.45) is 10.7 Å². The van der Waals surface area contributed by atoms with Crippen molar-refractivity contribution < 1.29 is 0 Å². The van der Waals surface area contributed by atoms with Crippen molar-refractivity contribution in [3.05, 3.63) is 71.0 Å². The molecule has 1 aromatic heterocycles. The fraction of sp³-hybridized carbons (Fsp3) is 0.150. The number of nitriles is 1. The van der Waals surface area contributed by atoms with Crippen LogP contribution < -0.4 is 11.1 Å². The lowest BCUT2D eigenvalue weighted by atomic mass is 10.1. The minimum absolute atomic E-state index is 0. The molecule has 0 saturated heterocycles. The number of nitrogens with two attached hydrogens (primary N) is 1. The second-order valence-electron chi connectivity index (χ2n) is 5.92. The van der Waals surface area contributed by atoms with Gasteiger partial charge in [0, 0.05) is 41.9 Å². The van der Waals surface area contributed by atoms with E-state index < -0.39 is 0 Å². The highest BCUT2D eigenvalue weighted by atomic mass is 79.9. The van der Waals surface area contributed by atoms with Crippen molar-refractivity contribution in [2.75, 3.05) is 13.1 Å². The molecule has 3 aromatic rings. The SMILES string of the molecule is Cl.N#CNC(=Nc1ccc2cnccc2c1)N(CCN)Cc1ccc(Br)cc1. The van der Waals surface area contributed by atoms with Crippen LogP contribution in [0.15, 0.2) is 70.4 Å². The highest BCUT2D eigenvalue weighted by Gasteiger charge is 2.12. The van der Waals surface area contributed by atoms with E-state index in [1.807, 2.05) is 65.8 Å². The van der Waals surface area contributed by atoms with Crippen molar-refractivity contribution in [2.45, 2.75) is 6.54 Å². The molecule has 1 heterocycles. The average Bonchev–Trinajstić information content (AvgIpc) is 2.69. The van der Waals surface area contributed by atoms with Crippen LogP contribution >= 0.6 is 28.3 Å². The van der Waals surface area contributed by atoms with Crippen molar-refractivity contribution in [1.29, 1.82) is 5.26 Å². The van der Waals surface area contributed by atoms with Crippen molar-refractivity contribution >= 4 is 50.8 Å². The molecule has 0 spiro atoms. The number of rotatable bonds is 5. The van der Waals surface area contributed by atoms with E-state index in [0.717, 1.165) is 26.5 Å². The lowest BCUT2D eigenvalue weighted by molar-refractivity contribution is 0.412. The number of nitrogens with zero attached hydrogens (tertiary/aromatic N) is 4. The maximum Gasteiger partial charge on any atom is 0.212 e. The molecule has 0 atom stereocenters. The number of guanidine groups is 1. The summed E-state index contributed by atoms with van der Waals surface area (Å²) in [6, 6.07) is 15.8. The van der Waals surface area contributed by atoms with Crippen LogP contribution in [-0.2, 0) is 6.54 Å². The smallest absolute Gasteiger partial charge is 0.212 e. The first kappa shape index (κ1) is 21.6. The summed E-state index contributed by atoms with van der Waals surface area (Å²) < 4.78 is 1.02. The van der Waals surface area contributed by atoms with Gasteiger partial charge in [-0.2, -0.15) is 5.26 Å². The molecule has 8 heteroatoms. The van der Waals surface area contributed by atoms with E-state index >= 15 is 0 Å². The third-order valence-corrected chi connectivity index (χ3v) is 4.54. The topological polar surface area (TPSA) is 90.3 Å². The third-order valence-electron chi connectivity index (χ3n) is 4.01. The van der Waals surface area contributed by atoms with E-state index in [9.17, 15) is 5.26 Å². The van der Waals surface area contributed by atoms with Crippen LogP contribution in [0.3, 0.4) is 0 Å². The van der Waals surface area contributed by atoms with E-state index in [0.29, 0.717) is 25.6 Å². The Morgan fingerprint density at radius 3 is 2.68 bits per heavy atom. The normalized spacial score (nSPS) is 10.8. The fourth-order valence-electron chi connectivity index (χ4n) is 2.72. The molecule has 3 N–H and O–H groups in total. The van der Waals surface area contributed by atoms with Gasteiger partial charge in [0.1, 0.15) is 0 Å². The molecule has 0 radical (unpaired) electrons. The zero-order chi connectivity index (χ0) is 19.1. The van der Waals surface area contributed by atoms with Gasteiger partial charge in [-0.3, -0.25) is 10.3 Å². The Hall–Kier alpha value is -2.66. The lowest BCUT2D eigenvalue weighted by Gasteiger charge is -2.24. The van der Waals surface area contributed by atoms with Crippen molar-refractivity contribution in [3.63, 3.8) is 0 Å². The number of halogens is 2. The first-order valence-corrected chi connectivity index (χ1v) is 9.26. The molecule has 0 aliphatic heterocycles. The number of fused-ring (bicyclic) bond motifs is 1. The Morgan fingerprint density at radius 1 is 1.18 bits per heavy atom. The van der Waals surface area contributed by atoms with E-state index in [1.54, 1.807) is 6.20 Å². The summed E-state index contributed by atoms with van der Waals surface area (Å²) in [6.45, 7) is 1.61. The predicted octanol–water partition coefficient (Wildman–Crippen LogP) is 3.94. The first-order valence-electron chi connectivity index (χ1n) is 8.46. The van der Waals surface area contributed by atoms with Gasteiger partial charge in [-0.25, -0.2) is 4.99 Å². The number of aromatic nitrogens is 1. The van der Waals surface area contributed by atoms with Crippen LogP contribution in [0, 0.1) is 11.5 Å². The molecule has 144 valence electrons. The molecule has 0 fully saturated rings. The molecule has 0 amide bonds. The highest BCUT2D eigenvalue weighted by Crippen LogP contribution is 2.21. The van der Waals surface area contributed by atoms with E-state index in [4.69, 9.17) is 5.73 Å². The van der Waals surface area contributed by atoms with Crippen LogP contribution in [-0.4, -0.2) is 28.9 Å². The van der Waals surface area contributed by atoms with Crippen molar-refractivity contribution in [3.8, 4) is 6.19 Å². The molecule has 0 unspecified atom stereocenters. The van der Waals surface area contributed by atoms with Crippen molar-refractivity contribution in [1.82, 2.24) is 15.2 Å². The van der Waals surface area contributed by atoms with Crippen LogP contribution in [0.1, 0.15) is 5.56 Å². The molecule has 6 nitrogen and oxygen atoms in total. The molecule has 0 saturated carbocycles. The van der Waals surface area contributed by atoms with Gasteiger partial charge in [0.15, 0.2) is 6.19 Å². The van der Waals surface area contributed by atoms with Crippen LogP contribution in [0.25, 0.3) is 10.8 Å². The number of pyridine rings is 1. The highest BCUT2D eigenvalue weighted by molar-refractivity contribution is 9.10. The Morgan fingerprint density at radius 2 is 1.96 bits per heavy atom. The largest absolute Gasteiger partial charge is 0.336 e. The summed E-state index contributed by atoms with van der Waals surface area (Å²) in [5, 5.41) is 14.0. The third kappa shape index (κ3) is 5.67. The summed E-state index contributed by atoms with van der Waals surface area (Å²) >= 11 is 3.44. The van der Waals surface area contributed by atoms with Gasteiger partial charge < -0.3 is 10.6 Å². The molecule has 0 bridgehead atoms. The molecule has 0 aliphatic carbocycles. The van der Waals surface area contributed by atoms with Gasteiger partial charge in [0.25, 0.3) is 0 Å². The standard InChI is InChI=1S/C20H19BrN6.ClH/c21-18-4-1-15(2-5-18)13-27(10-8-22)20(25-14-23)26-19-6-3-17-12-24-9-7-16(17)11-19;/h1-7,9,11-12H,8,10,13,22H2,(H,25,26);1H. The summed E-state index contributed by atoms with van der Waals surface area (Å²) in [7, 11) is 0. The number of benzene rings is 2. The van der Waals surface area contributed by atoms with Gasteiger partial charge in [-0.1, -0.05) is 34.1 Å². The Kier molecular flexibility index (Phi) is 8.20. The van der Waals surface area contributed by atoms with Gasteiger partial charge >= 0.3 is 0 Å². The second kappa shape index (κ2) is 10.6. The lowest BCUT2D eigenvalue weighted by Crippen LogP contribution is -2.41. The zero-order valence-electron chi connectivity index (χ0n) is 15.0. The second-order valence-corrected chi connectivity index (χ2v) is 6.83. The minimum atomic E-state index is 0. The quantitative estimate of drug-likeness (QED) is 0.261. The monoisotopic (exact) mass is 458 g/mol. The van der Waals surface area contributed by atoms with Gasteiger partial charge in [-0.05, 0) is 41.3 Å². The zero-order valence-corrected chi connectivity index (χ0v) is 17.4. The van der Waals surface area contributed by atoms with Crippen LogP contribution in [0.2, 0.25) is 0 Å². The average molecular weight is 460 g/mol. The van der Waals surface area contributed by atoms with Gasteiger partial charge in [0.05, 0.1) is 5.69 Å². The number of hydrogen-bond acceptors (Lipinski definition) is 4. The van der Waals surface area contributed by atoms with E-state index in [-0.39, 0.29) is 12.4 Å². The number of aliphatic imine (C=N–C) groups is 1. The molecule has 0 aliphatic rings. The fourth-order valence-corrected chi connectivity index (χ4v) is 2.98. The predicted molar refractivity (Wildman–Crippen MR) is 118 cm³/mol. The van der Waals surface area contributed by atoms with Crippen LogP contribution in [0.4, 0.5) is 5.69 Å². The van der Waals surface area contributed by atoms with E-state index in [1.165, 1.54) is 0 Å². The van der Waals surface area contributed by atoms with Gasteiger partial charge in [-0.15, -0.1) is 12.4 Å². The Labute approximate surface area is 178 Å². The first-order chi connectivity index (χ1) is 13.2. The maximum absolute atomic E-state index is 9.19. The van der Waals surface area contributed by atoms with E-state index in [2.05, 4.69) is 31.2 Å². The summed E-state index contributed by atoms with van der Waals surface area (Å²) in [5.74, 6) is 0.472. The summed E-state index contributed by atoms with van der Waals surface area (Å²) in [4.78, 5) is 10.7. The Bertz CT molecular complexity index is 984. The molecule has 28 heavy (non-hydrogen) atoms. The number of hydrogen-bond donors (Lipinski definition) is 2. The molecular formula is C20H20BrClN6. The maximum atomic E-state index is 9.19. The van der Waals surface area contributed by atoms with Crippen LogP contribution in [0.5, 0.6) is 0 Å².